The van der Waals surface area contributed by atoms with Gasteiger partial charge in [-0.05, 0) is 13.3 Å². The number of aldehydes is 1. The van der Waals surface area contributed by atoms with Gasteiger partial charge in [0.05, 0.1) is 18.3 Å². The summed E-state index contributed by atoms with van der Waals surface area (Å²) in [6.45, 7) is 2.41. The van der Waals surface area contributed by atoms with Gasteiger partial charge in [-0.25, -0.2) is 9.97 Å². The van der Waals surface area contributed by atoms with Crippen molar-refractivity contribution >= 4 is 23.7 Å². The summed E-state index contributed by atoms with van der Waals surface area (Å²) in [4.78, 5) is 18.9. The zero-order valence-electron chi connectivity index (χ0n) is 10.3. The van der Waals surface area contributed by atoms with Gasteiger partial charge in [-0.15, -0.1) is 0 Å². The van der Waals surface area contributed by atoms with Gasteiger partial charge >= 0.3 is 0 Å². The van der Waals surface area contributed by atoms with Gasteiger partial charge in [-0.2, -0.15) is 0 Å². The smallest absolute Gasteiger partial charge is 0.156 e. The predicted molar refractivity (Wildman–Crippen MR) is 68.2 cm³/mol. The van der Waals surface area contributed by atoms with E-state index in [0.717, 1.165) is 0 Å². The van der Waals surface area contributed by atoms with Crippen molar-refractivity contribution in [2.45, 2.75) is 19.4 Å². The maximum atomic E-state index is 10.9. The molecule has 1 aromatic heterocycles. The first-order valence-electron chi connectivity index (χ1n) is 5.48. The SMILES string of the molecule is COCC(O)CCNc1nc(C)nc(Cl)c1C=O. The quantitative estimate of drug-likeness (QED) is 0.571. The number of halogens is 1. The summed E-state index contributed by atoms with van der Waals surface area (Å²) in [7, 11) is 1.52. The van der Waals surface area contributed by atoms with Crippen LogP contribution in [0.15, 0.2) is 0 Å². The zero-order valence-corrected chi connectivity index (χ0v) is 11.1. The van der Waals surface area contributed by atoms with Gasteiger partial charge in [0.1, 0.15) is 16.8 Å². The van der Waals surface area contributed by atoms with Gasteiger partial charge in [-0.3, -0.25) is 4.79 Å². The second-order valence-corrected chi connectivity index (χ2v) is 4.12. The number of carbonyl (C=O) groups excluding carboxylic acids is 1. The molecule has 6 nitrogen and oxygen atoms in total. The molecular weight excluding hydrogens is 258 g/mol. The lowest BCUT2D eigenvalue weighted by atomic mass is 10.2. The summed E-state index contributed by atoms with van der Waals surface area (Å²) in [6, 6.07) is 0. The molecule has 2 N–H and O–H groups in total. The first-order chi connectivity index (χ1) is 8.58. The van der Waals surface area contributed by atoms with Crippen LogP contribution >= 0.6 is 11.6 Å². The van der Waals surface area contributed by atoms with E-state index in [1.54, 1.807) is 6.92 Å². The molecule has 1 heterocycles. The van der Waals surface area contributed by atoms with Gasteiger partial charge in [0.25, 0.3) is 0 Å². The van der Waals surface area contributed by atoms with E-state index in [9.17, 15) is 9.90 Å². The number of nitrogens with one attached hydrogen (secondary N) is 1. The van der Waals surface area contributed by atoms with Crippen molar-refractivity contribution in [2.24, 2.45) is 0 Å². The van der Waals surface area contributed by atoms with Crippen molar-refractivity contribution in [3.05, 3.63) is 16.5 Å². The van der Waals surface area contributed by atoms with Crippen molar-refractivity contribution in [3.63, 3.8) is 0 Å². The Morgan fingerprint density at radius 3 is 2.89 bits per heavy atom. The van der Waals surface area contributed by atoms with E-state index >= 15 is 0 Å². The molecule has 0 aromatic carbocycles. The highest BCUT2D eigenvalue weighted by Gasteiger charge is 2.11. The van der Waals surface area contributed by atoms with E-state index in [-0.39, 0.29) is 17.3 Å². The lowest BCUT2D eigenvalue weighted by molar-refractivity contribution is 0.0615. The maximum absolute atomic E-state index is 10.9. The number of nitrogens with zero attached hydrogens (tertiary/aromatic N) is 2. The van der Waals surface area contributed by atoms with Crippen LogP contribution in [-0.2, 0) is 4.74 Å². The van der Waals surface area contributed by atoms with Gasteiger partial charge in [-0.1, -0.05) is 11.6 Å². The normalized spacial score (nSPS) is 12.2. The molecule has 0 aliphatic rings. The molecule has 1 rings (SSSR count). The maximum Gasteiger partial charge on any atom is 0.156 e. The minimum absolute atomic E-state index is 0.123. The molecule has 0 fully saturated rings. The number of anilines is 1. The van der Waals surface area contributed by atoms with Crippen LogP contribution in [-0.4, -0.2) is 47.7 Å². The van der Waals surface area contributed by atoms with E-state index < -0.39 is 6.10 Å². The molecule has 1 atom stereocenters. The van der Waals surface area contributed by atoms with Crippen LogP contribution in [0, 0.1) is 6.92 Å². The molecule has 0 spiro atoms. The van der Waals surface area contributed by atoms with E-state index in [2.05, 4.69) is 15.3 Å². The molecule has 1 unspecified atom stereocenters. The van der Waals surface area contributed by atoms with Crippen molar-refractivity contribution in [1.29, 1.82) is 0 Å². The Balaban J connectivity index is 2.64. The van der Waals surface area contributed by atoms with E-state index in [0.29, 0.717) is 30.9 Å². The number of aliphatic hydroxyl groups is 1. The number of methoxy groups -OCH3 is 1. The summed E-state index contributed by atoms with van der Waals surface area (Å²) >= 11 is 5.83. The fourth-order valence-electron chi connectivity index (χ4n) is 1.42. The monoisotopic (exact) mass is 273 g/mol. The van der Waals surface area contributed by atoms with Gasteiger partial charge < -0.3 is 15.2 Å². The fourth-order valence-corrected chi connectivity index (χ4v) is 1.68. The van der Waals surface area contributed by atoms with Crippen molar-refractivity contribution in [2.75, 3.05) is 25.6 Å². The number of ether oxygens (including phenoxy) is 1. The second-order valence-electron chi connectivity index (χ2n) is 3.77. The van der Waals surface area contributed by atoms with Gasteiger partial charge in [0.2, 0.25) is 0 Å². The third-order valence-corrected chi connectivity index (χ3v) is 2.55. The van der Waals surface area contributed by atoms with Crippen molar-refractivity contribution < 1.29 is 14.6 Å². The second kappa shape index (κ2) is 7.25. The molecule has 0 aliphatic carbocycles. The van der Waals surface area contributed by atoms with Gasteiger partial charge in [0.15, 0.2) is 6.29 Å². The van der Waals surface area contributed by atoms with Crippen LogP contribution in [0.1, 0.15) is 22.6 Å². The van der Waals surface area contributed by atoms with Crippen LogP contribution in [0.2, 0.25) is 5.15 Å². The molecule has 0 aliphatic heterocycles. The lowest BCUT2D eigenvalue weighted by Gasteiger charge is -2.12. The first-order valence-corrected chi connectivity index (χ1v) is 5.86. The topological polar surface area (TPSA) is 84.3 Å². The molecule has 18 heavy (non-hydrogen) atoms. The Hall–Kier alpha value is -1.24. The van der Waals surface area contributed by atoms with Crippen LogP contribution in [0.5, 0.6) is 0 Å². The molecule has 0 saturated carbocycles. The van der Waals surface area contributed by atoms with Gasteiger partial charge in [0, 0.05) is 13.7 Å². The predicted octanol–water partition coefficient (Wildman–Crippen LogP) is 1.06. The number of aliphatic hydroxyl groups excluding tert-OH is 1. The van der Waals surface area contributed by atoms with Crippen molar-refractivity contribution in [1.82, 2.24) is 9.97 Å². The average Bonchev–Trinajstić information content (AvgIpc) is 2.28. The molecule has 0 bridgehead atoms. The van der Waals surface area contributed by atoms with Crippen LogP contribution < -0.4 is 5.32 Å². The highest BCUT2D eigenvalue weighted by Crippen LogP contribution is 2.18. The molecule has 0 saturated heterocycles. The highest BCUT2D eigenvalue weighted by molar-refractivity contribution is 6.32. The standard InChI is InChI=1S/C11H16ClN3O3/c1-7-14-10(12)9(5-16)11(15-7)13-4-3-8(17)6-18-2/h5,8,17H,3-4,6H2,1-2H3,(H,13,14,15). The van der Waals surface area contributed by atoms with E-state index in [1.807, 2.05) is 0 Å². The van der Waals surface area contributed by atoms with Crippen molar-refractivity contribution in [3.8, 4) is 0 Å². The lowest BCUT2D eigenvalue weighted by Crippen LogP contribution is -2.19. The molecule has 1 aromatic rings. The van der Waals surface area contributed by atoms with Crippen LogP contribution in [0.3, 0.4) is 0 Å². The summed E-state index contributed by atoms with van der Waals surface area (Å²) in [6.07, 6.45) is 0.531. The number of aromatic nitrogens is 2. The number of rotatable bonds is 7. The third-order valence-electron chi connectivity index (χ3n) is 2.26. The van der Waals surface area contributed by atoms with E-state index in [4.69, 9.17) is 16.3 Å². The third kappa shape index (κ3) is 4.21. The molecule has 0 amide bonds. The summed E-state index contributed by atoms with van der Waals surface area (Å²) in [5.41, 5.74) is 0.225. The number of hydrogen-bond acceptors (Lipinski definition) is 6. The molecule has 0 radical (unpaired) electrons. The minimum atomic E-state index is -0.555. The van der Waals surface area contributed by atoms with Crippen LogP contribution in [0.25, 0.3) is 0 Å². The first kappa shape index (κ1) is 14.8. The Bertz CT molecular complexity index is 415. The molecule has 7 heteroatoms. The number of carbonyl (C=O) groups is 1. The summed E-state index contributed by atoms with van der Waals surface area (Å²) < 4.78 is 4.81. The zero-order chi connectivity index (χ0) is 13.5. The van der Waals surface area contributed by atoms with Crippen LogP contribution in [0.4, 0.5) is 5.82 Å². The molecular formula is C11H16ClN3O3. The average molecular weight is 274 g/mol. The Morgan fingerprint density at radius 2 is 2.28 bits per heavy atom. The summed E-state index contributed by atoms with van der Waals surface area (Å²) in [5, 5.41) is 12.5. The fraction of sp³-hybridized carbons (Fsp3) is 0.545. The number of hydrogen-bond donors (Lipinski definition) is 2. The summed E-state index contributed by atoms with van der Waals surface area (Å²) in [5.74, 6) is 0.859. The minimum Gasteiger partial charge on any atom is -0.391 e. The Kier molecular flexibility index (Phi) is 5.97. The largest absolute Gasteiger partial charge is 0.391 e. The highest BCUT2D eigenvalue weighted by atomic mass is 35.5. The Labute approximate surface area is 110 Å². The molecule has 100 valence electrons. The van der Waals surface area contributed by atoms with E-state index in [1.165, 1.54) is 7.11 Å². The number of aryl methyl sites for hydroxylation is 1. The Morgan fingerprint density at radius 1 is 1.56 bits per heavy atom.